The zero-order chi connectivity index (χ0) is 23.3. The number of nitrogens with one attached hydrogen (secondary N) is 2. The molecule has 0 radical (unpaired) electrons. The monoisotopic (exact) mass is 462 g/mol. The second-order valence-electron chi connectivity index (χ2n) is 6.40. The summed E-state index contributed by atoms with van der Waals surface area (Å²) in [6.45, 7) is -0.586. The molecule has 166 valence electrons. The molecule has 8 nitrogen and oxygen atoms in total. The molecule has 0 spiro atoms. The number of carbonyl (C=O) groups is 2. The Morgan fingerprint density at radius 2 is 1.53 bits per heavy atom. The number of hydrogen-bond donors (Lipinski definition) is 3. The van der Waals surface area contributed by atoms with Crippen LogP contribution in [0.25, 0.3) is 0 Å². The Bertz CT molecular complexity index is 1250. The second-order valence-corrected chi connectivity index (χ2v) is 8.09. The van der Waals surface area contributed by atoms with Gasteiger partial charge in [-0.05, 0) is 60.7 Å². The van der Waals surface area contributed by atoms with Gasteiger partial charge in [-0.3, -0.25) is 14.3 Å². The van der Waals surface area contributed by atoms with E-state index >= 15 is 0 Å². The Labute approximate surface area is 181 Å². The predicted octanol–water partition coefficient (Wildman–Crippen LogP) is 3.37. The smallest absolute Gasteiger partial charge is 0.322 e. The van der Waals surface area contributed by atoms with E-state index in [0.717, 1.165) is 36.4 Å². The summed E-state index contributed by atoms with van der Waals surface area (Å²) in [7, 11) is -4.20. The number of carbonyl (C=O) groups excluding carboxylic acids is 1. The number of benzene rings is 3. The summed E-state index contributed by atoms with van der Waals surface area (Å²) in [4.78, 5) is 22.1. The van der Waals surface area contributed by atoms with E-state index in [1.54, 1.807) is 0 Å². The molecule has 11 heteroatoms. The molecule has 3 aromatic carbocycles. The number of carboxylic acid groups (broad SMARTS) is 1. The van der Waals surface area contributed by atoms with E-state index in [9.17, 15) is 26.8 Å². The fraction of sp³-hybridized carbons (Fsp3) is 0.0476. The topological polar surface area (TPSA) is 122 Å². The van der Waals surface area contributed by atoms with Crippen LogP contribution in [-0.4, -0.2) is 31.9 Å². The summed E-state index contributed by atoms with van der Waals surface area (Å²) in [5.41, 5.74) is -0.145. The van der Waals surface area contributed by atoms with Crippen LogP contribution < -0.4 is 14.8 Å². The lowest BCUT2D eigenvalue weighted by Gasteiger charge is -2.14. The van der Waals surface area contributed by atoms with Crippen molar-refractivity contribution in [1.82, 2.24) is 5.32 Å². The maximum atomic E-state index is 13.8. The third kappa shape index (κ3) is 5.79. The highest BCUT2D eigenvalue weighted by atomic mass is 32.2. The molecule has 0 fully saturated rings. The first-order chi connectivity index (χ1) is 15.1. The van der Waals surface area contributed by atoms with Gasteiger partial charge in [-0.2, -0.15) is 0 Å². The van der Waals surface area contributed by atoms with Gasteiger partial charge in [0.2, 0.25) is 0 Å². The molecule has 3 rings (SSSR count). The van der Waals surface area contributed by atoms with E-state index in [4.69, 9.17) is 9.84 Å². The normalized spacial score (nSPS) is 10.9. The van der Waals surface area contributed by atoms with Crippen LogP contribution in [0.3, 0.4) is 0 Å². The molecular weight excluding hydrogens is 446 g/mol. The van der Waals surface area contributed by atoms with Crippen LogP contribution in [0.4, 0.5) is 14.5 Å². The van der Waals surface area contributed by atoms with Crippen LogP contribution in [-0.2, 0) is 14.8 Å². The molecule has 0 aliphatic rings. The van der Waals surface area contributed by atoms with Crippen LogP contribution in [0.5, 0.6) is 11.5 Å². The Kier molecular flexibility index (Phi) is 6.69. The minimum Gasteiger partial charge on any atom is -0.480 e. The van der Waals surface area contributed by atoms with Crippen molar-refractivity contribution in [3.8, 4) is 11.5 Å². The zero-order valence-corrected chi connectivity index (χ0v) is 17.0. The van der Waals surface area contributed by atoms with Crippen LogP contribution in [0, 0.1) is 11.6 Å². The minimum atomic E-state index is -4.20. The van der Waals surface area contributed by atoms with Crippen LogP contribution in [0.2, 0.25) is 0 Å². The first kappa shape index (κ1) is 22.7. The lowest BCUT2D eigenvalue weighted by Crippen LogP contribution is -2.29. The summed E-state index contributed by atoms with van der Waals surface area (Å²) in [6, 6.07) is 12.8. The van der Waals surface area contributed by atoms with E-state index in [1.807, 2.05) is 0 Å². The lowest BCUT2D eigenvalue weighted by atomic mass is 10.2. The molecule has 0 aliphatic heterocycles. The van der Waals surface area contributed by atoms with Crippen molar-refractivity contribution in [2.75, 3.05) is 11.3 Å². The highest BCUT2D eigenvalue weighted by molar-refractivity contribution is 7.92. The zero-order valence-electron chi connectivity index (χ0n) is 16.2. The third-order valence-corrected chi connectivity index (χ3v) is 5.44. The van der Waals surface area contributed by atoms with Crippen LogP contribution in [0.1, 0.15) is 10.4 Å². The van der Waals surface area contributed by atoms with Gasteiger partial charge in [-0.25, -0.2) is 17.2 Å². The van der Waals surface area contributed by atoms with Crippen molar-refractivity contribution in [3.63, 3.8) is 0 Å². The largest absolute Gasteiger partial charge is 0.480 e. The summed E-state index contributed by atoms with van der Waals surface area (Å²) in [5, 5.41) is 10.7. The molecule has 0 atom stereocenters. The van der Waals surface area contributed by atoms with Crippen molar-refractivity contribution >= 4 is 27.6 Å². The molecule has 0 aliphatic carbocycles. The summed E-state index contributed by atoms with van der Waals surface area (Å²) in [5.74, 6) is -2.95. The second kappa shape index (κ2) is 9.43. The molecule has 0 saturated carbocycles. The first-order valence-electron chi connectivity index (χ1n) is 9.00. The fourth-order valence-electron chi connectivity index (χ4n) is 2.55. The van der Waals surface area contributed by atoms with Crippen molar-refractivity contribution < 1.29 is 36.6 Å². The fourth-order valence-corrected chi connectivity index (χ4v) is 3.61. The molecular formula is C21H16F2N2O6S. The molecule has 0 bridgehead atoms. The van der Waals surface area contributed by atoms with E-state index < -0.39 is 40.1 Å². The first-order valence-corrected chi connectivity index (χ1v) is 10.5. The molecule has 0 aromatic heterocycles. The number of sulfonamides is 1. The number of aliphatic carboxylic acids is 1. The number of ether oxygens (including phenoxy) is 1. The van der Waals surface area contributed by atoms with Gasteiger partial charge in [0.15, 0.2) is 5.75 Å². The molecule has 1 amide bonds. The summed E-state index contributed by atoms with van der Waals surface area (Å²) < 4.78 is 60.1. The van der Waals surface area contributed by atoms with E-state index in [2.05, 4.69) is 10.0 Å². The van der Waals surface area contributed by atoms with Gasteiger partial charge >= 0.3 is 5.97 Å². The number of anilines is 1. The van der Waals surface area contributed by atoms with Crippen molar-refractivity contribution in [3.05, 3.63) is 83.9 Å². The van der Waals surface area contributed by atoms with Crippen molar-refractivity contribution in [2.45, 2.75) is 4.90 Å². The number of rotatable bonds is 8. The maximum Gasteiger partial charge on any atom is 0.322 e. The van der Waals surface area contributed by atoms with Gasteiger partial charge in [0.1, 0.15) is 23.9 Å². The van der Waals surface area contributed by atoms with Gasteiger partial charge in [-0.15, -0.1) is 0 Å². The summed E-state index contributed by atoms with van der Waals surface area (Å²) in [6.07, 6.45) is 0. The van der Waals surface area contributed by atoms with Crippen molar-refractivity contribution in [2.24, 2.45) is 0 Å². The van der Waals surface area contributed by atoms with Gasteiger partial charge in [0.05, 0.1) is 10.6 Å². The number of halogens is 2. The SMILES string of the molecule is O=C(O)CNC(=O)c1ccc(S(=O)(=O)Nc2cc(F)ccc2Oc2ccc(F)cc2)cc1. The molecule has 0 saturated heterocycles. The van der Waals surface area contributed by atoms with E-state index in [0.29, 0.717) is 0 Å². The molecule has 32 heavy (non-hydrogen) atoms. The Balaban J connectivity index is 1.81. The quantitative estimate of drug-likeness (QED) is 0.472. The maximum absolute atomic E-state index is 13.8. The molecule has 3 aromatic rings. The molecule has 0 heterocycles. The number of amides is 1. The van der Waals surface area contributed by atoms with Crippen LogP contribution in [0.15, 0.2) is 71.6 Å². The lowest BCUT2D eigenvalue weighted by molar-refractivity contribution is -0.135. The Hall–Kier alpha value is -3.99. The standard InChI is InChI=1S/C21H16F2N2O6S/c22-14-3-6-16(7-4-14)31-19-10-5-15(23)11-18(19)25-32(29,30)17-8-1-13(2-9-17)21(28)24-12-20(26)27/h1-11,25H,12H2,(H,24,28)(H,26,27). The highest BCUT2D eigenvalue weighted by Crippen LogP contribution is 2.32. The van der Waals surface area contributed by atoms with Gasteiger partial charge in [-0.1, -0.05) is 0 Å². The number of hydrogen-bond acceptors (Lipinski definition) is 5. The van der Waals surface area contributed by atoms with E-state index in [1.165, 1.54) is 30.3 Å². The van der Waals surface area contributed by atoms with E-state index in [-0.39, 0.29) is 27.6 Å². The minimum absolute atomic E-state index is 0.0220. The van der Waals surface area contributed by atoms with Crippen LogP contribution >= 0.6 is 0 Å². The molecule has 3 N–H and O–H groups in total. The average Bonchev–Trinajstić information content (AvgIpc) is 2.75. The van der Waals surface area contributed by atoms with Crippen molar-refractivity contribution in [1.29, 1.82) is 0 Å². The number of carboxylic acids is 1. The average molecular weight is 462 g/mol. The molecule has 0 unspecified atom stereocenters. The Morgan fingerprint density at radius 1 is 0.906 bits per heavy atom. The van der Waals surface area contributed by atoms with Gasteiger partial charge < -0.3 is 15.2 Å². The third-order valence-electron chi connectivity index (χ3n) is 4.05. The predicted molar refractivity (Wildman–Crippen MR) is 110 cm³/mol. The Morgan fingerprint density at radius 3 is 2.16 bits per heavy atom. The highest BCUT2D eigenvalue weighted by Gasteiger charge is 2.19. The van der Waals surface area contributed by atoms with Gasteiger partial charge in [0, 0.05) is 11.6 Å². The summed E-state index contributed by atoms with van der Waals surface area (Å²) >= 11 is 0. The van der Waals surface area contributed by atoms with Gasteiger partial charge in [0.25, 0.3) is 15.9 Å².